The molecule has 2 aliphatic rings. The number of nitrogens with one attached hydrogen (secondary N) is 1. The molecule has 0 saturated heterocycles. The highest BCUT2D eigenvalue weighted by Crippen LogP contribution is 2.46. The molecule has 9 heteroatoms. The number of fused-ring (bicyclic) bond motifs is 1. The number of aliphatic hydroxyl groups is 1. The third kappa shape index (κ3) is 4.63. The normalized spacial score (nSPS) is 22.8. The van der Waals surface area contributed by atoms with E-state index in [9.17, 15) is 19.1 Å². The van der Waals surface area contributed by atoms with E-state index in [4.69, 9.17) is 16.3 Å². The van der Waals surface area contributed by atoms with Crippen LogP contribution in [-0.2, 0) is 10.4 Å². The first-order chi connectivity index (χ1) is 18.2. The number of methoxy groups -OCH3 is 1. The molecule has 2 aromatic carbocycles. The van der Waals surface area contributed by atoms with Gasteiger partial charge < -0.3 is 20.1 Å². The number of carbonyl (C=O) groups excluding carboxylic acids is 2. The van der Waals surface area contributed by atoms with Crippen LogP contribution >= 0.6 is 11.6 Å². The SMILES string of the molecule is COc1ccc(F)c(C2(O)C(=O)N(C[C@H]3CC[C@H](NC(=O)c4cc(Cl)cnc4C)CC3)c3ccccc32)c1. The average Bonchev–Trinajstić information content (AvgIpc) is 3.14. The topological polar surface area (TPSA) is 91.8 Å². The lowest BCUT2D eigenvalue weighted by Crippen LogP contribution is -2.45. The molecule has 0 radical (unpaired) electrons. The molecule has 1 fully saturated rings. The summed E-state index contributed by atoms with van der Waals surface area (Å²) in [6.45, 7) is 2.16. The van der Waals surface area contributed by atoms with Crippen LogP contribution in [0.3, 0.4) is 0 Å². The number of hydrogen-bond donors (Lipinski definition) is 2. The van der Waals surface area contributed by atoms with Gasteiger partial charge in [-0.05, 0) is 68.9 Å². The molecule has 0 spiro atoms. The zero-order valence-corrected chi connectivity index (χ0v) is 22.0. The number of aromatic nitrogens is 1. The Labute approximate surface area is 225 Å². The van der Waals surface area contributed by atoms with Crippen LogP contribution in [0.25, 0.3) is 0 Å². The molecule has 3 aromatic rings. The van der Waals surface area contributed by atoms with Crippen molar-refractivity contribution in [3.05, 3.63) is 88.0 Å². The number of rotatable bonds is 6. The number of halogens is 2. The summed E-state index contributed by atoms with van der Waals surface area (Å²) in [5.41, 5.74) is -0.280. The minimum atomic E-state index is -2.15. The van der Waals surface area contributed by atoms with Gasteiger partial charge in [-0.3, -0.25) is 14.6 Å². The molecule has 38 heavy (non-hydrogen) atoms. The minimum Gasteiger partial charge on any atom is -0.497 e. The third-order valence-corrected chi connectivity index (χ3v) is 7.83. The highest BCUT2D eigenvalue weighted by molar-refractivity contribution is 6.30. The highest BCUT2D eigenvalue weighted by Gasteiger charge is 2.52. The molecule has 2 N–H and O–H groups in total. The van der Waals surface area contributed by atoms with Gasteiger partial charge in [0.05, 0.1) is 29.1 Å². The number of anilines is 1. The smallest absolute Gasteiger partial charge is 0.268 e. The molecule has 1 unspecified atom stereocenters. The highest BCUT2D eigenvalue weighted by atomic mass is 35.5. The van der Waals surface area contributed by atoms with Gasteiger partial charge in [0.2, 0.25) is 0 Å². The van der Waals surface area contributed by atoms with Gasteiger partial charge in [0.15, 0.2) is 5.60 Å². The Morgan fingerprint density at radius 3 is 2.66 bits per heavy atom. The van der Waals surface area contributed by atoms with Crippen molar-refractivity contribution in [2.45, 2.75) is 44.2 Å². The summed E-state index contributed by atoms with van der Waals surface area (Å²) in [5, 5.41) is 15.2. The first-order valence-corrected chi connectivity index (χ1v) is 13.0. The van der Waals surface area contributed by atoms with Gasteiger partial charge in [-0.1, -0.05) is 29.8 Å². The molecule has 1 aromatic heterocycles. The Morgan fingerprint density at radius 2 is 1.92 bits per heavy atom. The van der Waals surface area contributed by atoms with Gasteiger partial charge in [-0.15, -0.1) is 0 Å². The monoisotopic (exact) mass is 537 g/mol. The van der Waals surface area contributed by atoms with E-state index >= 15 is 0 Å². The fraction of sp³-hybridized carbons (Fsp3) is 0.345. The Morgan fingerprint density at radius 1 is 1.18 bits per heavy atom. The van der Waals surface area contributed by atoms with E-state index in [1.807, 2.05) is 0 Å². The Balaban J connectivity index is 1.30. The zero-order chi connectivity index (χ0) is 27.0. The molecule has 5 rings (SSSR count). The lowest BCUT2D eigenvalue weighted by molar-refractivity contribution is -0.132. The third-order valence-electron chi connectivity index (χ3n) is 7.62. The quantitative estimate of drug-likeness (QED) is 0.473. The zero-order valence-electron chi connectivity index (χ0n) is 21.2. The van der Waals surface area contributed by atoms with Gasteiger partial charge in [0.25, 0.3) is 11.8 Å². The Bertz CT molecular complexity index is 1390. The van der Waals surface area contributed by atoms with E-state index < -0.39 is 17.3 Å². The molecule has 2 heterocycles. The second-order valence-corrected chi connectivity index (χ2v) is 10.4. The van der Waals surface area contributed by atoms with Crippen LogP contribution in [-0.4, -0.2) is 41.6 Å². The second-order valence-electron chi connectivity index (χ2n) is 9.97. The van der Waals surface area contributed by atoms with Crippen LogP contribution < -0.4 is 15.0 Å². The van der Waals surface area contributed by atoms with Crippen LogP contribution in [0.15, 0.2) is 54.7 Å². The van der Waals surface area contributed by atoms with Crippen molar-refractivity contribution in [2.24, 2.45) is 5.92 Å². The number of nitrogens with zero attached hydrogens (tertiary/aromatic N) is 2. The predicted molar refractivity (Wildman–Crippen MR) is 142 cm³/mol. The van der Waals surface area contributed by atoms with Crippen molar-refractivity contribution in [3.8, 4) is 5.75 Å². The molecular weight excluding hydrogens is 509 g/mol. The number of amides is 2. The van der Waals surface area contributed by atoms with Gasteiger partial charge in [-0.25, -0.2) is 4.39 Å². The number of benzene rings is 2. The summed E-state index contributed by atoms with van der Waals surface area (Å²) < 4.78 is 20.2. The summed E-state index contributed by atoms with van der Waals surface area (Å²) in [5.74, 6) is -0.949. The van der Waals surface area contributed by atoms with E-state index in [0.717, 1.165) is 25.7 Å². The van der Waals surface area contributed by atoms with Crippen molar-refractivity contribution in [1.82, 2.24) is 10.3 Å². The lowest BCUT2D eigenvalue weighted by atomic mass is 9.85. The van der Waals surface area contributed by atoms with Gasteiger partial charge in [-0.2, -0.15) is 0 Å². The van der Waals surface area contributed by atoms with Gasteiger partial charge in [0.1, 0.15) is 11.6 Å². The van der Waals surface area contributed by atoms with Crippen molar-refractivity contribution in [2.75, 3.05) is 18.6 Å². The summed E-state index contributed by atoms with van der Waals surface area (Å²) in [7, 11) is 1.45. The maximum absolute atomic E-state index is 14.9. The van der Waals surface area contributed by atoms with Gasteiger partial charge in [0, 0.05) is 29.9 Å². The predicted octanol–water partition coefficient (Wildman–Crippen LogP) is 4.76. The van der Waals surface area contributed by atoms with Gasteiger partial charge >= 0.3 is 0 Å². The number of pyridine rings is 1. The molecule has 198 valence electrons. The average molecular weight is 538 g/mol. The first-order valence-electron chi connectivity index (χ1n) is 12.6. The fourth-order valence-corrected chi connectivity index (χ4v) is 5.69. The molecule has 2 amide bonds. The lowest BCUT2D eigenvalue weighted by Gasteiger charge is -2.32. The van der Waals surface area contributed by atoms with E-state index in [-0.39, 0.29) is 23.4 Å². The molecule has 1 aliphatic heterocycles. The minimum absolute atomic E-state index is 0.00140. The van der Waals surface area contributed by atoms with Crippen LogP contribution in [0, 0.1) is 18.7 Å². The molecule has 7 nitrogen and oxygen atoms in total. The molecular formula is C29H29ClFN3O4. The van der Waals surface area contributed by atoms with E-state index in [2.05, 4.69) is 10.3 Å². The molecule has 1 atom stereocenters. The van der Waals surface area contributed by atoms with E-state index in [0.29, 0.717) is 39.8 Å². The van der Waals surface area contributed by atoms with E-state index in [1.54, 1.807) is 42.2 Å². The first kappa shape index (κ1) is 26.1. The summed E-state index contributed by atoms with van der Waals surface area (Å²) in [6.07, 6.45) is 4.59. The number of hydrogen-bond acceptors (Lipinski definition) is 5. The largest absolute Gasteiger partial charge is 0.497 e. The number of aryl methyl sites for hydroxylation is 1. The molecule has 1 saturated carbocycles. The van der Waals surface area contributed by atoms with Crippen LogP contribution in [0.5, 0.6) is 5.75 Å². The molecule has 0 bridgehead atoms. The summed E-state index contributed by atoms with van der Waals surface area (Å²) in [4.78, 5) is 32.2. The van der Waals surface area contributed by atoms with Crippen LogP contribution in [0.2, 0.25) is 5.02 Å². The maximum atomic E-state index is 14.9. The maximum Gasteiger partial charge on any atom is 0.268 e. The van der Waals surface area contributed by atoms with Crippen molar-refractivity contribution in [3.63, 3.8) is 0 Å². The molecule has 1 aliphatic carbocycles. The van der Waals surface area contributed by atoms with Crippen molar-refractivity contribution < 1.29 is 23.8 Å². The summed E-state index contributed by atoms with van der Waals surface area (Å²) >= 11 is 6.01. The second kappa shape index (κ2) is 10.3. The summed E-state index contributed by atoms with van der Waals surface area (Å²) in [6, 6.07) is 12.6. The number of ether oxygens (including phenoxy) is 1. The van der Waals surface area contributed by atoms with Crippen molar-refractivity contribution >= 4 is 29.1 Å². The number of para-hydroxylation sites is 1. The van der Waals surface area contributed by atoms with Crippen molar-refractivity contribution in [1.29, 1.82) is 0 Å². The fourth-order valence-electron chi connectivity index (χ4n) is 5.53. The van der Waals surface area contributed by atoms with E-state index in [1.165, 1.54) is 31.5 Å². The Kier molecular flexibility index (Phi) is 7.11. The standard InChI is InChI=1S/C29H29ClFN3O4/c1-17-22(13-19(30)15-32-17)27(35)33-20-9-7-18(8-10-20)16-34-26-6-4-3-5-23(26)29(37,28(34)36)24-14-21(38-2)11-12-25(24)31/h3-6,11-15,18,20,37H,7-10,16H2,1-2H3,(H,33,35)/t18-,20-,29?. The Hall–Kier alpha value is -3.49. The van der Waals surface area contributed by atoms with Crippen LogP contribution in [0.4, 0.5) is 10.1 Å². The number of carbonyl (C=O) groups is 2. The van der Waals surface area contributed by atoms with Crippen LogP contribution in [0.1, 0.15) is 52.9 Å².